The van der Waals surface area contributed by atoms with Crippen LogP contribution in [0.25, 0.3) is 33.3 Å². The van der Waals surface area contributed by atoms with Gasteiger partial charge in [-0.05, 0) is 25.8 Å². The topological polar surface area (TPSA) is 114 Å². The van der Waals surface area contributed by atoms with Crippen molar-refractivity contribution in [3.8, 4) is 17.0 Å². The van der Waals surface area contributed by atoms with Crippen LogP contribution in [-0.4, -0.2) is 74.0 Å². The number of methoxy groups -OCH3 is 1. The molecule has 0 radical (unpaired) electrons. The number of aromatic nitrogens is 6. The van der Waals surface area contributed by atoms with Crippen molar-refractivity contribution in [3.63, 3.8) is 0 Å². The highest BCUT2D eigenvalue weighted by Crippen LogP contribution is 2.43. The number of ether oxygens (including phenoxy) is 1. The first-order chi connectivity index (χ1) is 17.1. The van der Waals surface area contributed by atoms with Crippen molar-refractivity contribution in [2.24, 2.45) is 5.41 Å². The minimum Gasteiger partial charge on any atom is -0.480 e. The molecule has 0 saturated heterocycles. The summed E-state index contributed by atoms with van der Waals surface area (Å²) in [6, 6.07) is 1.86. The summed E-state index contributed by atoms with van der Waals surface area (Å²) >= 11 is 0. The van der Waals surface area contributed by atoms with Gasteiger partial charge in [-0.3, -0.25) is 4.79 Å². The van der Waals surface area contributed by atoms with Gasteiger partial charge < -0.3 is 24.5 Å². The summed E-state index contributed by atoms with van der Waals surface area (Å²) in [5, 5.41) is 3.96. The van der Waals surface area contributed by atoms with Crippen LogP contribution in [0, 0.1) is 12.3 Å². The third-order valence-electron chi connectivity index (χ3n) is 6.77. The Morgan fingerprint density at radius 2 is 2.08 bits per heavy atom. The van der Waals surface area contributed by atoms with E-state index >= 15 is 0 Å². The van der Waals surface area contributed by atoms with Gasteiger partial charge in [-0.25, -0.2) is 18.7 Å². The number of hydrogen-bond donors (Lipinski definition) is 2. The van der Waals surface area contributed by atoms with E-state index in [2.05, 4.69) is 30.2 Å². The average Bonchev–Trinajstić information content (AvgIpc) is 3.37. The van der Waals surface area contributed by atoms with Crippen LogP contribution in [0.4, 0.5) is 14.7 Å². The Balaban J connectivity index is 1.46. The summed E-state index contributed by atoms with van der Waals surface area (Å²) in [6.07, 6.45) is 2.27. The SMILES string of the molecule is COc1nc(NC2CC(C)(C(=O)N(C)C)C2)nc2[nH]cc(-c3cnc4nc(C)n(CC(F)F)c4c3)c12. The van der Waals surface area contributed by atoms with Gasteiger partial charge in [0, 0.05) is 43.7 Å². The van der Waals surface area contributed by atoms with Crippen LogP contribution in [0.15, 0.2) is 18.5 Å². The summed E-state index contributed by atoms with van der Waals surface area (Å²) in [6.45, 7) is 3.19. The molecule has 0 aromatic carbocycles. The van der Waals surface area contributed by atoms with Gasteiger partial charge in [0.1, 0.15) is 11.5 Å². The highest BCUT2D eigenvalue weighted by molar-refractivity contribution is 5.98. The maximum atomic E-state index is 13.1. The molecule has 0 spiro atoms. The van der Waals surface area contributed by atoms with Crippen molar-refractivity contribution >= 4 is 34.1 Å². The molecule has 2 N–H and O–H groups in total. The first-order valence-electron chi connectivity index (χ1n) is 11.6. The lowest BCUT2D eigenvalue weighted by Crippen LogP contribution is -2.52. The number of hydrogen-bond acceptors (Lipinski definition) is 7. The number of amides is 1. The number of carbonyl (C=O) groups excluding carboxylic acids is 1. The normalized spacial score (nSPS) is 19.6. The number of rotatable bonds is 7. The minimum atomic E-state index is -2.51. The molecule has 5 rings (SSSR count). The van der Waals surface area contributed by atoms with Crippen LogP contribution < -0.4 is 10.1 Å². The van der Waals surface area contributed by atoms with E-state index in [1.807, 2.05) is 6.92 Å². The molecule has 10 nitrogen and oxygen atoms in total. The zero-order valence-corrected chi connectivity index (χ0v) is 20.8. The van der Waals surface area contributed by atoms with Crippen LogP contribution >= 0.6 is 0 Å². The number of fused-ring (bicyclic) bond motifs is 2. The molecular formula is C24H28F2N8O2. The van der Waals surface area contributed by atoms with Gasteiger partial charge in [-0.1, -0.05) is 6.92 Å². The van der Waals surface area contributed by atoms with Crippen molar-refractivity contribution in [2.75, 3.05) is 26.5 Å². The summed E-state index contributed by atoms with van der Waals surface area (Å²) in [4.78, 5) is 35.0. The summed E-state index contributed by atoms with van der Waals surface area (Å²) in [7, 11) is 5.06. The second-order valence-electron chi connectivity index (χ2n) is 9.72. The predicted octanol–water partition coefficient (Wildman–Crippen LogP) is 3.62. The molecule has 0 atom stereocenters. The number of alkyl halides is 2. The predicted molar refractivity (Wildman–Crippen MR) is 131 cm³/mol. The Hall–Kier alpha value is -3.83. The fraction of sp³-hybridized carbons (Fsp3) is 0.458. The van der Waals surface area contributed by atoms with E-state index in [0.29, 0.717) is 58.3 Å². The molecule has 4 heterocycles. The van der Waals surface area contributed by atoms with Crippen molar-refractivity contribution in [1.29, 1.82) is 0 Å². The Bertz CT molecular complexity index is 1460. The Morgan fingerprint density at radius 3 is 2.75 bits per heavy atom. The van der Waals surface area contributed by atoms with E-state index in [1.165, 1.54) is 11.7 Å². The van der Waals surface area contributed by atoms with Crippen molar-refractivity contribution < 1.29 is 18.3 Å². The van der Waals surface area contributed by atoms with E-state index in [9.17, 15) is 13.6 Å². The molecule has 1 fully saturated rings. The van der Waals surface area contributed by atoms with E-state index in [-0.39, 0.29) is 11.9 Å². The fourth-order valence-corrected chi connectivity index (χ4v) is 5.10. The molecule has 0 bridgehead atoms. The number of halogens is 2. The van der Waals surface area contributed by atoms with Gasteiger partial charge in [0.05, 0.1) is 30.0 Å². The van der Waals surface area contributed by atoms with Gasteiger partial charge in [0.15, 0.2) is 5.65 Å². The Morgan fingerprint density at radius 1 is 1.33 bits per heavy atom. The smallest absolute Gasteiger partial charge is 0.256 e. The molecular weight excluding hydrogens is 470 g/mol. The maximum Gasteiger partial charge on any atom is 0.256 e. The van der Waals surface area contributed by atoms with E-state index in [1.54, 1.807) is 44.4 Å². The number of anilines is 1. The summed E-state index contributed by atoms with van der Waals surface area (Å²) < 4.78 is 33.3. The van der Waals surface area contributed by atoms with E-state index < -0.39 is 18.4 Å². The van der Waals surface area contributed by atoms with Crippen LogP contribution in [0.5, 0.6) is 5.88 Å². The number of H-pyrrole nitrogens is 1. The molecule has 4 aromatic heterocycles. The maximum absolute atomic E-state index is 13.1. The number of carbonyl (C=O) groups is 1. The van der Waals surface area contributed by atoms with Crippen molar-refractivity contribution in [1.82, 2.24) is 34.4 Å². The Kier molecular flexibility index (Phi) is 5.76. The second-order valence-corrected chi connectivity index (χ2v) is 9.72. The molecule has 12 heteroatoms. The molecule has 0 unspecified atom stereocenters. The van der Waals surface area contributed by atoms with Crippen LogP contribution in [0.2, 0.25) is 0 Å². The zero-order valence-electron chi connectivity index (χ0n) is 20.8. The van der Waals surface area contributed by atoms with Crippen LogP contribution in [0.1, 0.15) is 25.6 Å². The summed E-state index contributed by atoms with van der Waals surface area (Å²) in [5.41, 5.74) is 2.53. The van der Waals surface area contributed by atoms with E-state index in [4.69, 9.17) is 4.74 Å². The third kappa shape index (κ3) is 3.99. The molecule has 1 amide bonds. The fourth-order valence-electron chi connectivity index (χ4n) is 5.10. The first-order valence-corrected chi connectivity index (χ1v) is 11.6. The summed E-state index contributed by atoms with van der Waals surface area (Å²) in [5.74, 6) is 1.35. The van der Waals surface area contributed by atoms with Gasteiger partial charge >= 0.3 is 0 Å². The highest BCUT2D eigenvalue weighted by atomic mass is 19.3. The largest absolute Gasteiger partial charge is 0.480 e. The molecule has 190 valence electrons. The molecule has 1 aliphatic rings. The lowest BCUT2D eigenvalue weighted by atomic mass is 9.66. The quantitative estimate of drug-likeness (QED) is 0.400. The number of imidazole rings is 1. The minimum absolute atomic E-state index is 0.0699. The molecule has 4 aromatic rings. The number of nitrogens with zero attached hydrogens (tertiary/aromatic N) is 6. The van der Waals surface area contributed by atoms with Crippen molar-refractivity contribution in [2.45, 2.75) is 45.7 Å². The molecule has 0 aliphatic heterocycles. The highest BCUT2D eigenvalue weighted by Gasteiger charge is 2.47. The van der Waals surface area contributed by atoms with Crippen LogP contribution in [-0.2, 0) is 11.3 Å². The van der Waals surface area contributed by atoms with Gasteiger partial charge in [0.2, 0.25) is 17.7 Å². The molecule has 1 aliphatic carbocycles. The zero-order chi connectivity index (χ0) is 25.8. The van der Waals surface area contributed by atoms with E-state index in [0.717, 1.165) is 5.56 Å². The second kappa shape index (κ2) is 8.68. The number of aryl methyl sites for hydroxylation is 1. The van der Waals surface area contributed by atoms with Gasteiger partial charge in [-0.15, -0.1) is 0 Å². The van der Waals surface area contributed by atoms with Gasteiger partial charge in [-0.2, -0.15) is 9.97 Å². The lowest BCUT2D eigenvalue weighted by Gasteiger charge is -2.45. The number of aromatic amines is 1. The monoisotopic (exact) mass is 498 g/mol. The standard InChI is InChI=1S/C24H28F2N8O2/c1-12-29-19-16(34(12)11-17(25)26)6-13(9-27-19)15-10-28-20-18(15)21(36-5)32-23(31-20)30-14-7-24(2,8-14)22(35)33(3)4/h6,9-10,14,17H,7-8,11H2,1-5H3,(H2,28,30,31,32). The average molecular weight is 499 g/mol. The first kappa shape index (κ1) is 23.9. The number of pyridine rings is 1. The number of nitrogens with one attached hydrogen (secondary N) is 2. The molecule has 1 saturated carbocycles. The molecule has 36 heavy (non-hydrogen) atoms. The van der Waals surface area contributed by atoms with Crippen LogP contribution in [0.3, 0.4) is 0 Å². The third-order valence-corrected chi connectivity index (χ3v) is 6.77. The lowest BCUT2D eigenvalue weighted by molar-refractivity contribution is -0.143. The van der Waals surface area contributed by atoms with Crippen molar-refractivity contribution in [3.05, 3.63) is 24.3 Å². The Labute approximate surface area is 206 Å². The van der Waals surface area contributed by atoms with Gasteiger partial charge in [0.25, 0.3) is 6.43 Å².